The molecule has 76 valence electrons. The first-order chi connectivity index (χ1) is 6.20. The summed E-state index contributed by atoms with van der Waals surface area (Å²) in [7, 11) is 0. The second-order valence-corrected chi connectivity index (χ2v) is 5.15. The molecule has 0 unspecified atom stereocenters. The van der Waals surface area contributed by atoms with Gasteiger partial charge in [-0.05, 0) is 37.5 Å². The monoisotopic (exact) mass is 183 g/mol. The molecule has 0 aromatic heterocycles. The van der Waals surface area contributed by atoms with Crippen molar-refractivity contribution in [1.82, 2.24) is 5.32 Å². The number of nitrogens with one attached hydrogen (secondary N) is 1. The van der Waals surface area contributed by atoms with Crippen LogP contribution in [0.4, 0.5) is 0 Å². The van der Waals surface area contributed by atoms with Gasteiger partial charge in [-0.2, -0.15) is 0 Å². The van der Waals surface area contributed by atoms with Crippen molar-refractivity contribution in [3.8, 4) is 0 Å². The highest BCUT2D eigenvalue weighted by Crippen LogP contribution is 2.39. The maximum Gasteiger partial charge on any atom is 0.0693 e. The Hall–Kier alpha value is -0.0800. The molecule has 0 amide bonds. The van der Waals surface area contributed by atoms with Gasteiger partial charge in [0, 0.05) is 12.6 Å². The van der Waals surface area contributed by atoms with Crippen LogP contribution in [0.1, 0.15) is 45.4 Å². The van der Waals surface area contributed by atoms with E-state index < -0.39 is 0 Å². The van der Waals surface area contributed by atoms with E-state index >= 15 is 0 Å². The third-order valence-electron chi connectivity index (χ3n) is 3.83. The van der Waals surface area contributed by atoms with E-state index in [1.165, 1.54) is 25.7 Å². The van der Waals surface area contributed by atoms with Crippen LogP contribution in [0.5, 0.6) is 0 Å². The van der Waals surface area contributed by atoms with Crippen LogP contribution in [0.15, 0.2) is 0 Å². The molecule has 0 spiro atoms. The van der Waals surface area contributed by atoms with Crippen molar-refractivity contribution in [3.05, 3.63) is 0 Å². The van der Waals surface area contributed by atoms with Gasteiger partial charge in [0.05, 0.1) is 6.10 Å². The Morgan fingerprint density at radius 1 is 1.31 bits per heavy atom. The van der Waals surface area contributed by atoms with Crippen LogP contribution in [0.2, 0.25) is 0 Å². The van der Waals surface area contributed by atoms with Gasteiger partial charge in [0.25, 0.3) is 0 Å². The summed E-state index contributed by atoms with van der Waals surface area (Å²) < 4.78 is 0. The van der Waals surface area contributed by atoms with Gasteiger partial charge in [0.15, 0.2) is 0 Å². The third-order valence-corrected chi connectivity index (χ3v) is 3.83. The zero-order valence-corrected chi connectivity index (χ0v) is 8.55. The molecular weight excluding hydrogens is 162 g/mol. The van der Waals surface area contributed by atoms with E-state index in [4.69, 9.17) is 0 Å². The van der Waals surface area contributed by atoms with Crippen molar-refractivity contribution in [3.63, 3.8) is 0 Å². The van der Waals surface area contributed by atoms with Crippen molar-refractivity contribution >= 4 is 0 Å². The lowest BCUT2D eigenvalue weighted by Crippen LogP contribution is -2.44. The number of hydrogen-bond acceptors (Lipinski definition) is 2. The van der Waals surface area contributed by atoms with E-state index in [-0.39, 0.29) is 6.10 Å². The van der Waals surface area contributed by atoms with Gasteiger partial charge in [0.1, 0.15) is 0 Å². The summed E-state index contributed by atoms with van der Waals surface area (Å²) in [6.45, 7) is 3.46. The van der Waals surface area contributed by atoms with E-state index in [1.807, 2.05) is 0 Å². The molecule has 0 aromatic rings. The molecule has 2 fully saturated rings. The molecule has 0 saturated heterocycles. The molecule has 0 aliphatic heterocycles. The van der Waals surface area contributed by atoms with Crippen molar-refractivity contribution in [1.29, 1.82) is 0 Å². The topological polar surface area (TPSA) is 32.3 Å². The van der Waals surface area contributed by atoms with Crippen LogP contribution < -0.4 is 5.32 Å². The van der Waals surface area contributed by atoms with Gasteiger partial charge >= 0.3 is 0 Å². The molecule has 0 bridgehead atoms. The zero-order valence-electron chi connectivity index (χ0n) is 8.55. The second-order valence-electron chi connectivity index (χ2n) is 5.15. The van der Waals surface area contributed by atoms with Gasteiger partial charge in [-0.25, -0.2) is 0 Å². The lowest BCUT2D eigenvalue weighted by molar-refractivity contribution is 0.114. The summed E-state index contributed by atoms with van der Waals surface area (Å²) in [4.78, 5) is 0. The average molecular weight is 183 g/mol. The van der Waals surface area contributed by atoms with E-state index in [1.54, 1.807) is 0 Å². The Bertz CT molecular complexity index is 177. The molecular formula is C11H21NO. The SMILES string of the molecule is CC1(CN[C@@H]2CCC[C@H]2O)CCC1. The summed E-state index contributed by atoms with van der Waals surface area (Å²) in [5.74, 6) is 0. The molecule has 2 heteroatoms. The van der Waals surface area contributed by atoms with Gasteiger partial charge in [-0.1, -0.05) is 13.3 Å². The number of hydrogen-bond donors (Lipinski definition) is 2. The smallest absolute Gasteiger partial charge is 0.0693 e. The standard InChI is InChI=1S/C11H21NO/c1-11(6-3-7-11)8-12-9-4-2-5-10(9)13/h9-10,12-13H,2-8H2,1H3/t9-,10-/m1/s1. The lowest BCUT2D eigenvalue weighted by Gasteiger charge is -2.39. The van der Waals surface area contributed by atoms with Crippen molar-refractivity contribution in [2.24, 2.45) is 5.41 Å². The maximum atomic E-state index is 9.61. The van der Waals surface area contributed by atoms with Crippen LogP contribution >= 0.6 is 0 Å². The van der Waals surface area contributed by atoms with Crippen LogP contribution in [0.25, 0.3) is 0 Å². The minimum absolute atomic E-state index is 0.0799. The zero-order chi connectivity index (χ0) is 9.31. The normalized spacial score (nSPS) is 37.4. The molecule has 2 atom stereocenters. The number of aliphatic hydroxyl groups is 1. The molecule has 0 heterocycles. The molecule has 2 aliphatic rings. The molecule has 0 aromatic carbocycles. The highest BCUT2D eigenvalue weighted by Gasteiger charge is 2.33. The molecule has 2 nitrogen and oxygen atoms in total. The van der Waals surface area contributed by atoms with Crippen molar-refractivity contribution < 1.29 is 5.11 Å². The maximum absolute atomic E-state index is 9.61. The van der Waals surface area contributed by atoms with Crippen LogP contribution in [-0.2, 0) is 0 Å². The van der Waals surface area contributed by atoms with Gasteiger partial charge in [-0.15, -0.1) is 0 Å². The van der Waals surface area contributed by atoms with Gasteiger partial charge in [-0.3, -0.25) is 0 Å². The Balaban J connectivity index is 1.72. The molecule has 0 radical (unpaired) electrons. The fraction of sp³-hybridized carbons (Fsp3) is 1.00. The molecule has 2 rings (SSSR count). The number of aliphatic hydroxyl groups excluding tert-OH is 1. The first-order valence-electron chi connectivity index (χ1n) is 5.61. The summed E-state index contributed by atoms with van der Waals surface area (Å²) >= 11 is 0. The minimum Gasteiger partial charge on any atom is -0.392 e. The Morgan fingerprint density at radius 2 is 2.08 bits per heavy atom. The van der Waals surface area contributed by atoms with Crippen LogP contribution in [0, 0.1) is 5.41 Å². The highest BCUT2D eigenvalue weighted by molar-refractivity contribution is 4.89. The van der Waals surface area contributed by atoms with E-state index in [2.05, 4.69) is 12.2 Å². The Kier molecular flexibility index (Phi) is 2.61. The fourth-order valence-corrected chi connectivity index (χ4v) is 2.51. The Morgan fingerprint density at radius 3 is 2.54 bits per heavy atom. The van der Waals surface area contributed by atoms with Gasteiger partial charge < -0.3 is 10.4 Å². The summed E-state index contributed by atoms with van der Waals surface area (Å²) in [5, 5.41) is 13.1. The quantitative estimate of drug-likeness (QED) is 0.697. The molecule has 13 heavy (non-hydrogen) atoms. The largest absolute Gasteiger partial charge is 0.392 e. The average Bonchev–Trinajstić information content (AvgIpc) is 2.44. The minimum atomic E-state index is -0.0799. The predicted molar refractivity (Wildman–Crippen MR) is 53.6 cm³/mol. The van der Waals surface area contributed by atoms with Crippen molar-refractivity contribution in [2.45, 2.75) is 57.6 Å². The second kappa shape index (κ2) is 3.58. The lowest BCUT2D eigenvalue weighted by atomic mass is 9.70. The molecule has 2 N–H and O–H groups in total. The highest BCUT2D eigenvalue weighted by atomic mass is 16.3. The Labute approximate surface area is 80.7 Å². The van der Waals surface area contributed by atoms with E-state index in [0.29, 0.717) is 11.5 Å². The molecule has 2 saturated carbocycles. The fourth-order valence-electron chi connectivity index (χ4n) is 2.51. The number of rotatable bonds is 3. The molecule has 2 aliphatic carbocycles. The third kappa shape index (κ3) is 2.05. The van der Waals surface area contributed by atoms with Crippen LogP contribution in [-0.4, -0.2) is 23.8 Å². The van der Waals surface area contributed by atoms with E-state index in [9.17, 15) is 5.11 Å². The van der Waals surface area contributed by atoms with E-state index in [0.717, 1.165) is 19.4 Å². The first kappa shape index (κ1) is 9.47. The van der Waals surface area contributed by atoms with Gasteiger partial charge in [0.2, 0.25) is 0 Å². The summed E-state index contributed by atoms with van der Waals surface area (Å²) in [6.07, 6.45) is 7.39. The first-order valence-corrected chi connectivity index (χ1v) is 5.61. The van der Waals surface area contributed by atoms with Crippen molar-refractivity contribution in [2.75, 3.05) is 6.54 Å². The summed E-state index contributed by atoms with van der Waals surface area (Å²) in [6, 6.07) is 0.387. The predicted octanol–water partition coefficient (Wildman–Crippen LogP) is 1.68. The van der Waals surface area contributed by atoms with Crippen LogP contribution in [0.3, 0.4) is 0 Å². The summed E-state index contributed by atoms with van der Waals surface area (Å²) in [5.41, 5.74) is 0.544.